The van der Waals surface area contributed by atoms with Crippen LogP contribution in [0.1, 0.15) is 45.3 Å². The third kappa shape index (κ3) is 7.66. The van der Waals surface area contributed by atoms with Crippen LogP contribution in [0.25, 0.3) is 0 Å². The van der Waals surface area contributed by atoms with Crippen LogP contribution in [0.2, 0.25) is 0 Å². The van der Waals surface area contributed by atoms with E-state index in [1.165, 1.54) is 0 Å². The number of nitrogens with two attached hydrogens (primary N) is 2. The number of rotatable bonds is 11. The van der Waals surface area contributed by atoms with E-state index in [4.69, 9.17) is 11.5 Å². The van der Waals surface area contributed by atoms with E-state index in [0.29, 0.717) is 11.1 Å². The van der Waals surface area contributed by atoms with Crippen LogP contribution in [0.5, 0.6) is 0 Å². The van der Waals surface area contributed by atoms with Crippen molar-refractivity contribution in [1.29, 1.82) is 5.26 Å². The van der Waals surface area contributed by atoms with Crippen LogP contribution >= 0.6 is 0 Å². The van der Waals surface area contributed by atoms with Gasteiger partial charge in [-0.2, -0.15) is 5.26 Å². The van der Waals surface area contributed by atoms with Crippen LogP contribution in [0.15, 0.2) is 109 Å². The summed E-state index contributed by atoms with van der Waals surface area (Å²) < 4.78 is 0. The number of primary amides is 1. The molecule has 0 aliphatic carbocycles. The molecule has 0 saturated heterocycles. The predicted molar refractivity (Wildman–Crippen MR) is 156 cm³/mol. The van der Waals surface area contributed by atoms with Crippen LogP contribution in [0.4, 0.5) is 0 Å². The smallest absolute Gasteiger partial charge is 0.243 e. The van der Waals surface area contributed by atoms with Gasteiger partial charge in [-0.25, -0.2) is 0 Å². The van der Waals surface area contributed by atoms with Crippen molar-refractivity contribution in [2.24, 2.45) is 11.5 Å². The summed E-state index contributed by atoms with van der Waals surface area (Å²) in [4.78, 5) is 38.7. The Kier molecular flexibility index (Phi) is 9.60. The normalized spacial score (nSPS) is 12.1. The zero-order chi connectivity index (χ0) is 29.2. The SMILES string of the molecule is N#Cc1cccc(CC(NC(=O)C(c2ccccc2)c2ccccc2)C(=O)NCc2ccc(C(N)C(N)=O)cc2)c1. The molecule has 2 atom stereocenters. The van der Waals surface area contributed by atoms with Crippen molar-refractivity contribution >= 4 is 17.7 Å². The number of carbonyl (C=O) groups excluding carboxylic acids is 3. The monoisotopic (exact) mass is 545 g/mol. The van der Waals surface area contributed by atoms with E-state index in [0.717, 1.165) is 22.3 Å². The number of nitrogens with one attached hydrogen (secondary N) is 2. The van der Waals surface area contributed by atoms with Gasteiger partial charge in [-0.15, -0.1) is 0 Å². The Morgan fingerprint density at radius 1 is 0.732 bits per heavy atom. The average molecular weight is 546 g/mol. The van der Waals surface area contributed by atoms with Crippen molar-refractivity contribution in [3.63, 3.8) is 0 Å². The minimum absolute atomic E-state index is 0.190. The molecule has 0 radical (unpaired) electrons. The van der Waals surface area contributed by atoms with Crippen molar-refractivity contribution < 1.29 is 14.4 Å². The van der Waals surface area contributed by atoms with Gasteiger partial charge in [-0.1, -0.05) is 97.1 Å². The fourth-order valence-corrected chi connectivity index (χ4v) is 4.57. The van der Waals surface area contributed by atoms with Gasteiger partial charge in [-0.3, -0.25) is 14.4 Å². The van der Waals surface area contributed by atoms with Gasteiger partial charge in [0.15, 0.2) is 0 Å². The lowest BCUT2D eigenvalue weighted by molar-refractivity contribution is -0.129. The molecule has 0 fully saturated rings. The number of carbonyl (C=O) groups is 3. The lowest BCUT2D eigenvalue weighted by Crippen LogP contribution is -2.49. The molecule has 4 aromatic rings. The van der Waals surface area contributed by atoms with Crippen molar-refractivity contribution in [2.45, 2.75) is 31.0 Å². The molecular weight excluding hydrogens is 514 g/mol. The Hall–Kier alpha value is -5.26. The molecule has 0 aliphatic rings. The molecule has 206 valence electrons. The van der Waals surface area contributed by atoms with Gasteiger partial charge in [0.25, 0.3) is 0 Å². The maximum Gasteiger partial charge on any atom is 0.243 e. The minimum atomic E-state index is -0.912. The van der Waals surface area contributed by atoms with Crippen molar-refractivity contribution in [3.05, 3.63) is 143 Å². The van der Waals surface area contributed by atoms with Crippen molar-refractivity contribution in [1.82, 2.24) is 10.6 Å². The minimum Gasteiger partial charge on any atom is -0.368 e. The summed E-state index contributed by atoms with van der Waals surface area (Å²) in [6, 6.07) is 32.9. The Labute approximate surface area is 239 Å². The quantitative estimate of drug-likeness (QED) is 0.228. The van der Waals surface area contributed by atoms with Crippen LogP contribution in [0.3, 0.4) is 0 Å². The van der Waals surface area contributed by atoms with Crippen molar-refractivity contribution in [2.75, 3.05) is 0 Å². The Morgan fingerprint density at radius 3 is 1.90 bits per heavy atom. The zero-order valence-electron chi connectivity index (χ0n) is 22.4. The number of nitrogens with zero attached hydrogens (tertiary/aromatic N) is 1. The highest BCUT2D eigenvalue weighted by Crippen LogP contribution is 2.25. The van der Waals surface area contributed by atoms with Gasteiger partial charge < -0.3 is 22.1 Å². The van der Waals surface area contributed by atoms with Gasteiger partial charge in [0.05, 0.1) is 17.6 Å². The first-order chi connectivity index (χ1) is 19.9. The van der Waals surface area contributed by atoms with Crippen LogP contribution in [-0.4, -0.2) is 23.8 Å². The molecule has 4 aromatic carbocycles. The second-order valence-electron chi connectivity index (χ2n) is 9.67. The standard InChI is InChI=1S/C33H31N5O3/c34-20-24-9-7-8-23(18-24)19-28(32(40)37-21-22-14-16-27(17-15-22)30(35)31(36)39)38-33(41)29(25-10-3-1-4-11-25)26-12-5-2-6-13-26/h1-18,28-30H,19,21,35H2,(H2,36,39)(H,37,40)(H,38,41). The number of nitriles is 1. The van der Waals surface area contributed by atoms with Crippen LogP contribution in [0, 0.1) is 11.3 Å². The summed E-state index contributed by atoms with van der Waals surface area (Å²) in [7, 11) is 0. The Balaban J connectivity index is 1.56. The summed E-state index contributed by atoms with van der Waals surface area (Å²) >= 11 is 0. The van der Waals surface area contributed by atoms with E-state index in [-0.39, 0.29) is 24.8 Å². The third-order valence-electron chi connectivity index (χ3n) is 6.77. The Bertz CT molecular complexity index is 1490. The summed E-state index contributed by atoms with van der Waals surface area (Å²) in [6.07, 6.45) is 0.190. The molecule has 0 bridgehead atoms. The molecule has 3 amide bonds. The molecule has 4 rings (SSSR count). The summed E-state index contributed by atoms with van der Waals surface area (Å²) in [6.45, 7) is 0.191. The summed E-state index contributed by atoms with van der Waals surface area (Å²) in [5, 5.41) is 15.2. The molecule has 0 aromatic heterocycles. The number of amides is 3. The fraction of sp³-hybridized carbons (Fsp3) is 0.152. The first kappa shape index (κ1) is 28.7. The predicted octanol–water partition coefficient (Wildman–Crippen LogP) is 3.22. The summed E-state index contributed by atoms with van der Waals surface area (Å²) in [5.41, 5.74) is 15.2. The molecule has 8 heteroatoms. The van der Waals surface area contributed by atoms with E-state index in [9.17, 15) is 19.6 Å². The highest BCUT2D eigenvalue weighted by Gasteiger charge is 2.28. The second-order valence-corrected chi connectivity index (χ2v) is 9.67. The van der Waals surface area contributed by atoms with Gasteiger partial charge in [0, 0.05) is 13.0 Å². The average Bonchev–Trinajstić information content (AvgIpc) is 3.00. The highest BCUT2D eigenvalue weighted by atomic mass is 16.2. The largest absolute Gasteiger partial charge is 0.368 e. The van der Waals surface area contributed by atoms with E-state index < -0.39 is 23.9 Å². The zero-order valence-corrected chi connectivity index (χ0v) is 22.4. The number of benzene rings is 4. The molecule has 41 heavy (non-hydrogen) atoms. The molecular formula is C33H31N5O3. The fourth-order valence-electron chi connectivity index (χ4n) is 4.57. The van der Waals surface area contributed by atoms with E-state index in [2.05, 4.69) is 16.7 Å². The lowest BCUT2D eigenvalue weighted by Gasteiger charge is -2.23. The highest BCUT2D eigenvalue weighted by molar-refractivity contribution is 5.92. The number of hydrogen-bond acceptors (Lipinski definition) is 5. The van der Waals surface area contributed by atoms with E-state index >= 15 is 0 Å². The van der Waals surface area contributed by atoms with Gasteiger partial charge in [0.2, 0.25) is 17.7 Å². The molecule has 2 unspecified atom stereocenters. The van der Waals surface area contributed by atoms with Gasteiger partial charge in [0.1, 0.15) is 12.1 Å². The first-order valence-corrected chi connectivity index (χ1v) is 13.2. The second kappa shape index (κ2) is 13.7. The third-order valence-corrected chi connectivity index (χ3v) is 6.77. The maximum absolute atomic E-state index is 13.8. The molecule has 6 N–H and O–H groups in total. The lowest BCUT2D eigenvalue weighted by atomic mass is 9.90. The van der Waals surface area contributed by atoms with Crippen LogP contribution < -0.4 is 22.1 Å². The maximum atomic E-state index is 13.8. The topological polar surface area (TPSA) is 151 Å². The molecule has 8 nitrogen and oxygen atoms in total. The van der Waals surface area contributed by atoms with Gasteiger partial charge >= 0.3 is 0 Å². The van der Waals surface area contributed by atoms with Gasteiger partial charge in [-0.05, 0) is 39.9 Å². The molecule has 0 saturated carbocycles. The van der Waals surface area contributed by atoms with Crippen LogP contribution in [-0.2, 0) is 27.3 Å². The Morgan fingerprint density at radius 2 is 1.34 bits per heavy atom. The first-order valence-electron chi connectivity index (χ1n) is 13.2. The number of hydrogen-bond donors (Lipinski definition) is 4. The van der Waals surface area contributed by atoms with Crippen molar-refractivity contribution in [3.8, 4) is 6.07 Å². The van der Waals surface area contributed by atoms with E-state index in [1.807, 2.05) is 66.7 Å². The molecule has 0 spiro atoms. The van der Waals surface area contributed by atoms with E-state index in [1.54, 1.807) is 42.5 Å². The summed E-state index contributed by atoms with van der Waals surface area (Å²) in [5.74, 6) is -1.95. The molecule has 0 aliphatic heterocycles. The molecule has 0 heterocycles.